The largest absolute Gasteiger partial charge is 0.469 e. The molecule has 1 fully saturated rings. The van der Waals surface area contributed by atoms with Gasteiger partial charge >= 0.3 is 0 Å². The minimum absolute atomic E-state index is 0. The van der Waals surface area contributed by atoms with E-state index in [2.05, 4.69) is 28.1 Å². The van der Waals surface area contributed by atoms with Gasteiger partial charge in [-0.05, 0) is 42.3 Å². The Bertz CT molecular complexity index is 627. The first-order valence-corrected chi connectivity index (χ1v) is 9.81. The Morgan fingerprint density at radius 1 is 1.35 bits per heavy atom. The molecule has 0 radical (unpaired) electrons. The fraction of sp³-hybridized carbons (Fsp3) is 0.526. The Morgan fingerprint density at radius 2 is 2.23 bits per heavy atom. The van der Waals surface area contributed by atoms with Gasteiger partial charge in [0.1, 0.15) is 5.76 Å². The van der Waals surface area contributed by atoms with Crippen molar-refractivity contribution in [1.82, 2.24) is 10.6 Å². The lowest BCUT2D eigenvalue weighted by Crippen LogP contribution is -2.47. The minimum Gasteiger partial charge on any atom is -0.469 e. The van der Waals surface area contributed by atoms with E-state index >= 15 is 0 Å². The summed E-state index contributed by atoms with van der Waals surface area (Å²) in [4.78, 5) is 6.13. The fourth-order valence-electron chi connectivity index (χ4n) is 2.79. The van der Waals surface area contributed by atoms with Crippen molar-refractivity contribution in [3.05, 3.63) is 46.5 Å². The Kier molecular flexibility index (Phi) is 9.49. The Morgan fingerprint density at radius 3 is 2.88 bits per heavy atom. The van der Waals surface area contributed by atoms with Crippen LogP contribution in [0.2, 0.25) is 0 Å². The number of hydrogen-bond donors (Lipinski definition) is 2. The summed E-state index contributed by atoms with van der Waals surface area (Å²) in [5, 5.41) is 9.11. The number of guanidine groups is 1. The van der Waals surface area contributed by atoms with Crippen LogP contribution in [-0.4, -0.2) is 38.8 Å². The third kappa shape index (κ3) is 7.28. The molecule has 0 bridgehead atoms. The van der Waals surface area contributed by atoms with Crippen LogP contribution in [0, 0.1) is 5.92 Å². The molecular weight excluding hydrogens is 461 g/mol. The van der Waals surface area contributed by atoms with Gasteiger partial charge in [0.2, 0.25) is 0 Å². The Balaban J connectivity index is 0.00000243. The second-order valence-corrected chi connectivity index (χ2v) is 7.39. The average molecular weight is 489 g/mol. The van der Waals surface area contributed by atoms with Crippen LogP contribution < -0.4 is 10.6 Å². The van der Waals surface area contributed by atoms with Crippen LogP contribution in [0.1, 0.15) is 23.5 Å². The highest BCUT2D eigenvalue weighted by molar-refractivity contribution is 14.0. The topological polar surface area (TPSA) is 58.8 Å². The molecule has 0 aliphatic heterocycles. The summed E-state index contributed by atoms with van der Waals surface area (Å²) in [7, 11) is 1.76. The van der Waals surface area contributed by atoms with Crippen LogP contribution in [-0.2, 0) is 17.6 Å². The van der Waals surface area contributed by atoms with Gasteiger partial charge in [-0.15, -0.1) is 35.3 Å². The molecule has 1 unspecified atom stereocenters. The van der Waals surface area contributed by atoms with Crippen molar-refractivity contribution >= 4 is 41.3 Å². The van der Waals surface area contributed by atoms with Gasteiger partial charge in [0.15, 0.2) is 5.96 Å². The van der Waals surface area contributed by atoms with Crippen molar-refractivity contribution in [3.8, 4) is 0 Å². The number of nitrogens with one attached hydrogen (secondary N) is 2. The number of nitrogens with zero attached hydrogens (tertiary/aromatic N) is 1. The summed E-state index contributed by atoms with van der Waals surface area (Å²) < 4.78 is 10.8. The smallest absolute Gasteiger partial charge is 0.191 e. The second-order valence-electron chi connectivity index (χ2n) is 6.36. The summed E-state index contributed by atoms with van der Waals surface area (Å²) >= 11 is 1.79. The Labute approximate surface area is 176 Å². The molecule has 0 spiro atoms. The molecule has 2 N–H and O–H groups in total. The van der Waals surface area contributed by atoms with Gasteiger partial charge in [-0.25, -0.2) is 0 Å². The van der Waals surface area contributed by atoms with E-state index < -0.39 is 0 Å². The molecule has 2 heterocycles. The first kappa shape index (κ1) is 21.2. The van der Waals surface area contributed by atoms with Crippen molar-refractivity contribution in [2.24, 2.45) is 10.9 Å². The lowest BCUT2D eigenvalue weighted by atomic mass is 10.2. The molecule has 0 saturated heterocycles. The van der Waals surface area contributed by atoms with Crippen molar-refractivity contribution in [1.29, 1.82) is 0 Å². The maximum atomic E-state index is 5.39. The molecule has 0 aromatic carbocycles. The summed E-state index contributed by atoms with van der Waals surface area (Å²) in [5.74, 6) is 2.56. The van der Waals surface area contributed by atoms with Crippen LogP contribution in [0.5, 0.6) is 0 Å². The van der Waals surface area contributed by atoms with E-state index in [1.807, 2.05) is 12.1 Å². The number of thiophene rings is 1. The molecular formula is C19H28IN3O2S. The number of ether oxygens (including phenoxy) is 1. The molecule has 5 nitrogen and oxygen atoms in total. The number of furan rings is 1. The normalized spacial score (nSPS) is 15.3. The minimum atomic E-state index is 0. The van der Waals surface area contributed by atoms with Crippen molar-refractivity contribution in [2.75, 3.05) is 26.8 Å². The highest BCUT2D eigenvalue weighted by atomic mass is 127. The van der Waals surface area contributed by atoms with Crippen molar-refractivity contribution in [2.45, 2.75) is 31.7 Å². The lowest BCUT2D eigenvalue weighted by Gasteiger charge is -2.21. The summed E-state index contributed by atoms with van der Waals surface area (Å²) in [6, 6.07) is 8.51. The SMILES string of the molecule is COCC(NC(=NCCc1cccs1)NCCc1ccco1)C1CC1.I. The van der Waals surface area contributed by atoms with Crippen LogP contribution in [0.4, 0.5) is 0 Å². The van der Waals surface area contributed by atoms with Gasteiger partial charge < -0.3 is 19.8 Å². The number of halogens is 1. The number of rotatable bonds is 10. The molecule has 3 rings (SSSR count). The van der Waals surface area contributed by atoms with Gasteiger partial charge in [0.25, 0.3) is 0 Å². The molecule has 2 aromatic rings. The van der Waals surface area contributed by atoms with E-state index in [0.29, 0.717) is 18.6 Å². The summed E-state index contributed by atoms with van der Waals surface area (Å²) in [6.07, 6.45) is 6.08. The van der Waals surface area contributed by atoms with E-state index in [0.717, 1.165) is 37.7 Å². The molecule has 1 aliphatic carbocycles. The van der Waals surface area contributed by atoms with Crippen LogP contribution in [0.15, 0.2) is 45.3 Å². The predicted octanol–water partition coefficient (Wildman–Crippen LogP) is 3.70. The fourth-order valence-corrected chi connectivity index (χ4v) is 3.49. The standard InChI is InChI=1S/C19H27N3O2S.HI/c1-23-14-18(15-6-7-15)22-19(20-10-8-16-4-2-12-24-16)21-11-9-17-5-3-13-25-17;/h2-5,12-13,15,18H,6-11,14H2,1H3,(H2,20,21,22);1H. The van der Waals surface area contributed by atoms with E-state index in [4.69, 9.17) is 14.1 Å². The average Bonchev–Trinajstić information content (AvgIpc) is 3.08. The van der Waals surface area contributed by atoms with Gasteiger partial charge in [-0.3, -0.25) is 4.99 Å². The second kappa shape index (κ2) is 11.6. The first-order chi connectivity index (χ1) is 12.3. The van der Waals surface area contributed by atoms with E-state index in [1.165, 1.54) is 17.7 Å². The number of methoxy groups -OCH3 is 1. The predicted molar refractivity (Wildman–Crippen MR) is 118 cm³/mol. The third-order valence-electron chi connectivity index (χ3n) is 4.31. The number of aliphatic imine (C=N–C) groups is 1. The highest BCUT2D eigenvalue weighted by Gasteiger charge is 2.31. The van der Waals surface area contributed by atoms with Gasteiger partial charge in [-0.1, -0.05) is 6.07 Å². The van der Waals surface area contributed by atoms with Crippen molar-refractivity contribution in [3.63, 3.8) is 0 Å². The molecule has 2 aromatic heterocycles. The molecule has 144 valence electrons. The molecule has 26 heavy (non-hydrogen) atoms. The third-order valence-corrected chi connectivity index (χ3v) is 5.25. The zero-order valence-electron chi connectivity index (χ0n) is 15.1. The van der Waals surface area contributed by atoms with E-state index in [-0.39, 0.29) is 24.0 Å². The van der Waals surface area contributed by atoms with Gasteiger partial charge in [-0.2, -0.15) is 0 Å². The first-order valence-electron chi connectivity index (χ1n) is 8.93. The molecule has 1 atom stereocenters. The van der Waals surface area contributed by atoms with E-state index in [9.17, 15) is 0 Å². The number of hydrogen-bond acceptors (Lipinski definition) is 4. The van der Waals surface area contributed by atoms with Gasteiger partial charge in [0.05, 0.1) is 18.9 Å². The maximum Gasteiger partial charge on any atom is 0.191 e. The van der Waals surface area contributed by atoms with E-state index in [1.54, 1.807) is 24.7 Å². The monoisotopic (exact) mass is 489 g/mol. The van der Waals surface area contributed by atoms with Crippen molar-refractivity contribution < 1.29 is 9.15 Å². The lowest BCUT2D eigenvalue weighted by molar-refractivity contribution is 0.165. The molecule has 1 aliphatic rings. The van der Waals surface area contributed by atoms with Crippen LogP contribution in [0.3, 0.4) is 0 Å². The van der Waals surface area contributed by atoms with Crippen LogP contribution >= 0.6 is 35.3 Å². The zero-order chi connectivity index (χ0) is 17.3. The molecule has 0 amide bonds. The highest BCUT2D eigenvalue weighted by Crippen LogP contribution is 2.32. The van der Waals surface area contributed by atoms with Crippen LogP contribution in [0.25, 0.3) is 0 Å². The Hall–Kier alpha value is -1.06. The molecule has 7 heteroatoms. The maximum absolute atomic E-state index is 5.39. The summed E-state index contributed by atoms with van der Waals surface area (Å²) in [6.45, 7) is 2.29. The van der Waals surface area contributed by atoms with Gasteiger partial charge in [0, 0.05) is 37.9 Å². The summed E-state index contributed by atoms with van der Waals surface area (Å²) in [5.41, 5.74) is 0. The zero-order valence-corrected chi connectivity index (χ0v) is 18.3. The molecule has 1 saturated carbocycles. The quantitative estimate of drug-likeness (QED) is 0.304.